The normalized spacial score (nSPS) is 19.7. The van der Waals surface area contributed by atoms with Gasteiger partial charge in [0.25, 0.3) is 0 Å². The molecule has 0 spiro atoms. The van der Waals surface area contributed by atoms with Crippen LogP contribution in [0.25, 0.3) is 0 Å². The molecule has 0 saturated carbocycles. The van der Waals surface area contributed by atoms with Crippen molar-refractivity contribution >= 4 is 73.8 Å². The molecule has 3 amide bonds. The molecule has 3 N–H and O–H groups in total. The van der Waals surface area contributed by atoms with Gasteiger partial charge in [0.15, 0.2) is 0 Å². The molecule has 1 saturated heterocycles. The van der Waals surface area contributed by atoms with Crippen LogP contribution in [0.15, 0.2) is 87.5 Å². The SMILES string of the molecule is NS(=O)(=O)c1ccc(NC(=O)Cn2c3c(sc2=O)[C@H](c2ccc(F)cc2)C2C(=O)N(c4ccc(Cl)cc4)C(=O)C2S3)cc1. The van der Waals surface area contributed by atoms with Gasteiger partial charge in [0.2, 0.25) is 27.7 Å². The van der Waals surface area contributed by atoms with E-state index < -0.39 is 62.1 Å². The van der Waals surface area contributed by atoms with Crippen molar-refractivity contribution in [1.82, 2.24) is 4.57 Å². The lowest BCUT2D eigenvalue weighted by Crippen LogP contribution is -2.33. The monoisotopic (exact) mass is 658 g/mol. The highest BCUT2D eigenvalue weighted by Gasteiger charge is 2.56. The number of thioether (sulfide) groups is 1. The van der Waals surface area contributed by atoms with Crippen LogP contribution in [0.2, 0.25) is 5.02 Å². The van der Waals surface area contributed by atoms with E-state index in [2.05, 4.69) is 5.32 Å². The van der Waals surface area contributed by atoms with E-state index in [1.165, 1.54) is 53.1 Å². The molecular formula is C28H20ClFN4O6S3. The molecule has 1 aromatic heterocycles. The third-order valence-electron chi connectivity index (χ3n) is 7.13. The number of hydrogen-bond acceptors (Lipinski definition) is 8. The van der Waals surface area contributed by atoms with E-state index in [0.29, 0.717) is 26.2 Å². The van der Waals surface area contributed by atoms with Crippen molar-refractivity contribution in [2.45, 2.75) is 27.6 Å². The summed E-state index contributed by atoms with van der Waals surface area (Å²) in [5.74, 6) is -3.64. The second kappa shape index (κ2) is 11.0. The number of nitrogens with two attached hydrogens (primary N) is 1. The number of nitrogens with one attached hydrogen (secondary N) is 1. The minimum atomic E-state index is -3.92. The Morgan fingerprint density at radius 1 is 0.953 bits per heavy atom. The number of sulfonamides is 1. The van der Waals surface area contributed by atoms with E-state index in [4.69, 9.17) is 16.7 Å². The average molecular weight is 659 g/mol. The van der Waals surface area contributed by atoms with Crippen molar-refractivity contribution < 1.29 is 27.2 Å². The minimum absolute atomic E-state index is 0.130. The van der Waals surface area contributed by atoms with Gasteiger partial charge in [-0.2, -0.15) is 0 Å². The number of fused-ring (bicyclic) bond motifs is 2. The number of primary sulfonamides is 1. The number of benzene rings is 3. The second-order valence-corrected chi connectivity index (χ2v) is 13.9. The van der Waals surface area contributed by atoms with E-state index in [9.17, 15) is 32.0 Å². The van der Waals surface area contributed by atoms with Crippen molar-refractivity contribution in [2.75, 3.05) is 10.2 Å². The Bertz CT molecular complexity index is 1940. The van der Waals surface area contributed by atoms with Gasteiger partial charge in [0.05, 0.1) is 21.5 Å². The quantitative estimate of drug-likeness (QED) is 0.300. The van der Waals surface area contributed by atoms with Crippen LogP contribution in [0.3, 0.4) is 0 Å². The highest BCUT2D eigenvalue weighted by molar-refractivity contribution is 8.00. The number of carbonyl (C=O) groups is 3. The maximum Gasteiger partial charge on any atom is 0.308 e. The summed E-state index contributed by atoms with van der Waals surface area (Å²) < 4.78 is 38.1. The van der Waals surface area contributed by atoms with Gasteiger partial charge in [-0.15, -0.1) is 0 Å². The zero-order valence-corrected chi connectivity index (χ0v) is 25.0. The number of imide groups is 1. The summed E-state index contributed by atoms with van der Waals surface area (Å²) in [5, 5.41) is 7.62. The van der Waals surface area contributed by atoms with Gasteiger partial charge in [-0.05, 0) is 66.2 Å². The summed E-state index contributed by atoms with van der Waals surface area (Å²) in [7, 11) is -3.92. The fraction of sp³-hybridized carbons (Fsp3) is 0.143. The second-order valence-electron chi connectivity index (χ2n) is 9.82. The molecule has 1 fully saturated rings. The number of hydrogen-bond donors (Lipinski definition) is 2. The Morgan fingerprint density at radius 2 is 1.60 bits per heavy atom. The summed E-state index contributed by atoms with van der Waals surface area (Å²) in [6, 6.07) is 17.0. The summed E-state index contributed by atoms with van der Waals surface area (Å²) in [4.78, 5) is 54.8. The summed E-state index contributed by atoms with van der Waals surface area (Å²) >= 11 is 7.91. The first-order valence-corrected chi connectivity index (χ1v) is 16.3. The van der Waals surface area contributed by atoms with E-state index in [1.807, 2.05) is 0 Å². The van der Waals surface area contributed by atoms with Crippen LogP contribution in [0.1, 0.15) is 16.4 Å². The van der Waals surface area contributed by atoms with Gasteiger partial charge in [-0.3, -0.25) is 23.7 Å². The van der Waals surface area contributed by atoms with Crippen molar-refractivity contribution in [3.05, 3.63) is 104 Å². The summed E-state index contributed by atoms with van der Waals surface area (Å²) in [5.41, 5.74) is 1.17. The van der Waals surface area contributed by atoms with Gasteiger partial charge >= 0.3 is 4.87 Å². The van der Waals surface area contributed by atoms with E-state index in [0.717, 1.165) is 28.0 Å². The summed E-state index contributed by atoms with van der Waals surface area (Å²) in [6.45, 7) is -0.412. The third kappa shape index (κ3) is 5.40. The number of amides is 3. The van der Waals surface area contributed by atoms with E-state index in [-0.39, 0.29) is 10.6 Å². The molecule has 43 heavy (non-hydrogen) atoms. The fourth-order valence-electron chi connectivity index (χ4n) is 5.20. The van der Waals surface area contributed by atoms with Gasteiger partial charge in [0, 0.05) is 21.5 Å². The van der Waals surface area contributed by atoms with Crippen LogP contribution < -0.4 is 20.2 Å². The Kier molecular flexibility index (Phi) is 7.50. The number of thiazole rings is 1. The molecule has 6 rings (SSSR count). The van der Waals surface area contributed by atoms with Gasteiger partial charge in [0.1, 0.15) is 17.6 Å². The first kappa shape index (κ1) is 29.3. The highest BCUT2D eigenvalue weighted by atomic mass is 35.5. The number of halogens is 2. The molecular weight excluding hydrogens is 639 g/mol. The number of carbonyl (C=O) groups excluding carboxylic acids is 3. The number of rotatable bonds is 6. The predicted octanol–water partition coefficient (Wildman–Crippen LogP) is 3.78. The average Bonchev–Trinajstić information content (AvgIpc) is 3.40. The van der Waals surface area contributed by atoms with Crippen molar-refractivity contribution in [3.63, 3.8) is 0 Å². The molecule has 0 bridgehead atoms. The predicted molar refractivity (Wildman–Crippen MR) is 160 cm³/mol. The maximum atomic E-state index is 13.9. The largest absolute Gasteiger partial charge is 0.325 e. The Balaban J connectivity index is 1.36. The van der Waals surface area contributed by atoms with Gasteiger partial charge < -0.3 is 5.32 Å². The zero-order chi connectivity index (χ0) is 30.6. The van der Waals surface area contributed by atoms with Gasteiger partial charge in [-0.25, -0.2) is 22.8 Å². The molecule has 10 nitrogen and oxygen atoms in total. The highest BCUT2D eigenvalue weighted by Crippen LogP contribution is 2.53. The Hall–Kier alpha value is -3.82. The molecule has 2 aliphatic heterocycles. The third-order valence-corrected chi connectivity index (χ3v) is 10.9. The fourth-order valence-corrected chi connectivity index (χ4v) is 8.62. The molecule has 0 aliphatic carbocycles. The van der Waals surface area contributed by atoms with Crippen molar-refractivity contribution in [2.24, 2.45) is 11.1 Å². The van der Waals surface area contributed by atoms with Crippen LogP contribution in [-0.2, 0) is 31.0 Å². The van der Waals surface area contributed by atoms with Crippen molar-refractivity contribution in [3.8, 4) is 0 Å². The molecule has 3 atom stereocenters. The first-order valence-electron chi connectivity index (χ1n) is 12.6. The first-order chi connectivity index (χ1) is 20.4. The smallest absolute Gasteiger partial charge is 0.308 e. The number of anilines is 2. The van der Waals surface area contributed by atoms with Crippen LogP contribution >= 0.6 is 34.7 Å². The lowest BCUT2D eigenvalue weighted by Gasteiger charge is -2.30. The lowest BCUT2D eigenvalue weighted by atomic mass is 9.83. The topological polar surface area (TPSA) is 149 Å². The van der Waals surface area contributed by atoms with Gasteiger partial charge in [-0.1, -0.05) is 46.8 Å². The molecule has 3 heterocycles. The van der Waals surface area contributed by atoms with Crippen LogP contribution in [0.4, 0.5) is 15.8 Å². The number of nitrogens with zero attached hydrogens (tertiary/aromatic N) is 2. The van der Waals surface area contributed by atoms with E-state index in [1.54, 1.807) is 24.3 Å². The molecule has 220 valence electrons. The van der Waals surface area contributed by atoms with Crippen LogP contribution in [0.5, 0.6) is 0 Å². The number of aromatic nitrogens is 1. The standard InChI is InChI=1S/C28H20ClFN4O6S3/c29-15-3-9-18(10-4-15)34-25(36)22-21(14-1-5-16(30)6-2-14)24-27(41-23(22)26(34)37)33(28(38)42-24)13-20(35)32-17-7-11-19(12-8-17)43(31,39)40/h1-12,21-23H,13H2,(H,32,35)(H2,31,39,40)/t21-,22?,23?/m1/s1. The molecule has 4 aromatic rings. The molecule has 2 unspecified atom stereocenters. The molecule has 0 radical (unpaired) electrons. The molecule has 15 heteroatoms. The Labute approximate surface area is 257 Å². The molecule has 2 aliphatic rings. The Morgan fingerprint density at radius 3 is 2.23 bits per heavy atom. The zero-order valence-electron chi connectivity index (χ0n) is 21.8. The van der Waals surface area contributed by atoms with Crippen LogP contribution in [0, 0.1) is 11.7 Å². The summed E-state index contributed by atoms with van der Waals surface area (Å²) in [6.07, 6.45) is 0. The van der Waals surface area contributed by atoms with Crippen molar-refractivity contribution in [1.29, 1.82) is 0 Å². The minimum Gasteiger partial charge on any atom is -0.325 e. The lowest BCUT2D eigenvalue weighted by molar-refractivity contribution is -0.122. The molecule has 3 aromatic carbocycles. The van der Waals surface area contributed by atoms with Crippen LogP contribution in [-0.4, -0.2) is 36.0 Å². The maximum absolute atomic E-state index is 13.9. The van der Waals surface area contributed by atoms with E-state index >= 15 is 0 Å².